The third-order valence-electron chi connectivity index (χ3n) is 1.96. The van der Waals surface area contributed by atoms with Crippen molar-refractivity contribution < 1.29 is 0 Å². The molecule has 3 nitrogen and oxygen atoms in total. The lowest BCUT2D eigenvalue weighted by Gasteiger charge is -2.25. The largest absolute Gasteiger partial charge is 0.279 e. The highest BCUT2D eigenvalue weighted by Gasteiger charge is 2.09. The van der Waals surface area contributed by atoms with E-state index in [1.165, 1.54) is 11.3 Å². The van der Waals surface area contributed by atoms with Crippen molar-refractivity contribution in [3.63, 3.8) is 0 Å². The molecule has 0 saturated carbocycles. The van der Waals surface area contributed by atoms with Gasteiger partial charge >= 0.3 is 0 Å². The zero-order valence-electron chi connectivity index (χ0n) is 6.89. The van der Waals surface area contributed by atoms with Crippen LogP contribution in [0.5, 0.6) is 0 Å². The molecule has 0 spiro atoms. The minimum Gasteiger partial charge on any atom is -0.279 e. The van der Waals surface area contributed by atoms with Crippen LogP contribution in [0.4, 0.5) is 0 Å². The van der Waals surface area contributed by atoms with Gasteiger partial charge in [0.05, 0.1) is 5.71 Å². The maximum absolute atomic E-state index is 4.08. The number of nitrogens with one attached hydrogen (secondary N) is 1. The molecule has 1 aliphatic rings. The van der Waals surface area contributed by atoms with Crippen molar-refractivity contribution in [1.82, 2.24) is 10.5 Å². The van der Waals surface area contributed by atoms with Gasteiger partial charge in [-0.15, -0.1) is 0 Å². The number of hydrogen-bond acceptors (Lipinski definition) is 3. The van der Waals surface area contributed by atoms with Gasteiger partial charge in [-0.25, -0.2) is 5.53 Å². The molecule has 0 aromatic carbocycles. The summed E-state index contributed by atoms with van der Waals surface area (Å²) in [6.07, 6.45) is 0. The summed E-state index contributed by atoms with van der Waals surface area (Å²) in [4.78, 5) is 0. The third-order valence-corrected chi connectivity index (χ3v) is 1.96. The Morgan fingerprint density at radius 3 is 2.40 bits per heavy atom. The molecule has 56 valence electrons. The Morgan fingerprint density at radius 2 is 1.90 bits per heavy atom. The second-order valence-corrected chi connectivity index (χ2v) is 2.57. The maximum Gasteiger partial charge on any atom is 0.0639 e. The summed E-state index contributed by atoms with van der Waals surface area (Å²) in [6.45, 7) is 6.14. The molecule has 0 amide bonds. The van der Waals surface area contributed by atoms with E-state index in [4.69, 9.17) is 0 Å². The SMILES string of the molecule is CC1=NNN(C)C(C)=C1C. The first-order chi connectivity index (χ1) is 4.63. The van der Waals surface area contributed by atoms with Gasteiger partial charge in [-0.1, -0.05) is 0 Å². The highest BCUT2D eigenvalue weighted by Crippen LogP contribution is 2.10. The Bertz CT molecular complexity index is 203. The van der Waals surface area contributed by atoms with E-state index in [-0.39, 0.29) is 0 Å². The van der Waals surface area contributed by atoms with Crippen LogP contribution in [-0.4, -0.2) is 17.8 Å². The molecule has 0 fully saturated rings. The fourth-order valence-corrected chi connectivity index (χ4v) is 0.822. The summed E-state index contributed by atoms with van der Waals surface area (Å²) in [7, 11) is 1.95. The standard InChI is InChI=1S/C7H13N3/c1-5-6(2)8-9-10(4)7(5)3/h9H,1-4H3. The number of nitrogens with zero attached hydrogens (tertiary/aromatic N) is 2. The number of hydrazine groups is 1. The maximum atomic E-state index is 4.08. The van der Waals surface area contributed by atoms with Gasteiger partial charge in [0, 0.05) is 12.7 Å². The average molecular weight is 139 g/mol. The van der Waals surface area contributed by atoms with E-state index in [0.717, 1.165) is 5.71 Å². The summed E-state index contributed by atoms with van der Waals surface area (Å²) in [5.41, 5.74) is 6.42. The summed E-state index contributed by atoms with van der Waals surface area (Å²) in [5, 5.41) is 5.98. The molecular formula is C7H13N3. The van der Waals surface area contributed by atoms with Crippen LogP contribution in [0.2, 0.25) is 0 Å². The van der Waals surface area contributed by atoms with Crippen molar-refractivity contribution >= 4 is 5.71 Å². The summed E-state index contributed by atoms with van der Waals surface area (Å²) < 4.78 is 0. The molecule has 0 saturated heterocycles. The highest BCUT2D eigenvalue weighted by molar-refractivity contribution is 5.98. The molecular weight excluding hydrogens is 126 g/mol. The molecule has 0 radical (unpaired) electrons. The number of hydrogen-bond donors (Lipinski definition) is 1. The smallest absolute Gasteiger partial charge is 0.0639 e. The van der Waals surface area contributed by atoms with E-state index >= 15 is 0 Å². The van der Waals surface area contributed by atoms with Gasteiger partial charge in [-0.2, -0.15) is 5.10 Å². The number of rotatable bonds is 0. The number of allylic oxidation sites excluding steroid dienone is 2. The Hall–Kier alpha value is -0.990. The van der Waals surface area contributed by atoms with Crippen LogP contribution < -0.4 is 5.53 Å². The lowest BCUT2D eigenvalue weighted by molar-refractivity contribution is 0.300. The second kappa shape index (κ2) is 2.33. The van der Waals surface area contributed by atoms with Crippen molar-refractivity contribution in [3.8, 4) is 0 Å². The van der Waals surface area contributed by atoms with Gasteiger partial charge < -0.3 is 0 Å². The van der Waals surface area contributed by atoms with Crippen LogP contribution in [0.3, 0.4) is 0 Å². The van der Waals surface area contributed by atoms with E-state index in [2.05, 4.69) is 24.5 Å². The topological polar surface area (TPSA) is 27.6 Å². The molecule has 0 unspecified atom stereocenters. The lowest BCUT2D eigenvalue weighted by atomic mass is 10.1. The van der Waals surface area contributed by atoms with E-state index in [0.29, 0.717) is 0 Å². The summed E-state index contributed by atoms with van der Waals surface area (Å²) >= 11 is 0. The molecule has 1 rings (SSSR count). The minimum absolute atomic E-state index is 1.07. The summed E-state index contributed by atoms with van der Waals surface area (Å²) in [5.74, 6) is 0. The molecule has 1 N–H and O–H groups in total. The van der Waals surface area contributed by atoms with Crippen LogP contribution in [-0.2, 0) is 0 Å². The minimum atomic E-state index is 1.07. The van der Waals surface area contributed by atoms with Crippen LogP contribution in [0.15, 0.2) is 16.4 Å². The van der Waals surface area contributed by atoms with Crippen molar-refractivity contribution in [2.24, 2.45) is 5.10 Å². The Kier molecular flexibility index (Phi) is 1.66. The van der Waals surface area contributed by atoms with Crippen molar-refractivity contribution in [2.45, 2.75) is 20.8 Å². The molecule has 1 aliphatic heterocycles. The van der Waals surface area contributed by atoms with Crippen molar-refractivity contribution in [2.75, 3.05) is 7.05 Å². The average Bonchev–Trinajstić information content (AvgIpc) is 1.93. The fraction of sp³-hybridized carbons (Fsp3) is 0.571. The third kappa shape index (κ3) is 0.988. The Morgan fingerprint density at radius 1 is 1.30 bits per heavy atom. The zero-order chi connectivity index (χ0) is 7.72. The van der Waals surface area contributed by atoms with Crippen LogP contribution >= 0.6 is 0 Å². The first-order valence-electron chi connectivity index (χ1n) is 3.34. The van der Waals surface area contributed by atoms with Crippen LogP contribution in [0.25, 0.3) is 0 Å². The molecule has 1 heterocycles. The first kappa shape index (κ1) is 7.12. The zero-order valence-corrected chi connectivity index (χ0v) is 6.89. The molecule has 0 bridgehead atoms. The van der Waals surface area contributed by atoms with Gasteiger partial charge in [-0.05, 0) is 26.3 Å². The van der Waals surface area contributed by atoms with E-state index < -0.39 is 0 Å². The monoisotopic (exact) mass is 139 g/mol. The first-order valence-corrected chi connectivity index (χ1v) is 3.34. The molecule has 10 heavy (non-hydrogen) atoms. The van der Waals surface area contributed by atoms with Gasteiger partial charge in [0.15, 0.2) is 0 Å². The quantitative estimate of drug-likeness (QED) is 0.544. The predicted molar refractivity (Wildman–Crippen MR) is 42.4 cm³/mol. The predicted octanol–water partition coefficient (Wildman–Crippen LogP) is 1.11. The van der Waals surface area contributed by atoms with Gasteiger partial charge in [-0.3, -0.25) is 5.01 Å². The normalized spacial score (nSPS) is 18.8. The molecule has 0 atom stereocenters. The van der Waals surface area contributed by atoms with Crippen molar-refractivity contribution in [3.05, 3.63) is 11.3 Å². The Balaban J connectivity index is 2.94. The molecule has 3 heteroatoms. The number of hydrazone groups is 1. The summed E-state index contributed by atoms with van der Waals surface area (Å²) in [6, 6.07) is 0. The van der Waals surface area contributed by atoms with Crippen LogP contribution in [0, 0.1) is 0 Å². The van der Waals surface area contributed by atoms with E-state index in [1.54, 1.807) is 0 Å². The van der Waals surface area contributed by atoms with Gasteiger partial charge in [0.25, 0.3) is 0 Å². The van der Waals surface area contributed by atoms with Crippen LogP contribution in [0.1, 0.15) is 20.8 Å². The van der Waals surface area contributed by atoms with Gasteiger partial charge in [0.1, 0.15) is 0 Å². The Labute approximate surface area is 61.4 Å². The molecule has 0 aromatic rings. The van der Waals surface area contributed by atoms with E-state index in [1.807, 2.05) is 19.0 Å². The van der Waals surface area contributed by atoms with E-state index in [9.17, 15) is 0 Å². The van der Waals surface area contributed by atoms with Crippen molar-refractivity contribution in [1.29, 1.82) is 0 Å². The lowest BCUT2D eigenvalue weighted by Crippen LogP contribution is -2.34. The molecule has 0 aromatic heterocycles. The molecule has 0 aliphatic carbocycles. The van der Waals surface area contributed by atoms with Gasteiger partial charge in [0.2, 0.25) is 0 Å². The second-order valence-electron chi connectivity index (χ2n) is 2.57. The fourth-order valence-electron chi connectivity index (χ4n) is 0.822. The highest BCUT2D eigenvalue weighted by atomic mass is 15.7.